The van der Waals surface area contributed by atoms with E-state index in [1.165, 1.54) is 13.2 Å². The van der Waals surface area contributed by atoms with Gasteiger partial charge in [0, 0.05) is 5.69 Å². The Morgan fingerprint density at radius 1 is 1.13 bits per heavy atom. The third-order valence-electron chi connectivity index (χ3n) is 4.14. The van der Waals surface area contributed by atoms with E-state index < -0.39 is 5.97 Å². The lowest BCUT2D eigenvalue weighted by molar-refractivity contribution is -0.137. The molecular weight excluding hydrogens is 384 g/mol. The van der Waals surface area contributed by atoms with Crippen molar-refractivity contribution in [3.05, 3.63) is 58.7 Å². The third-order valence-corrected chi connectivity index (χ3v) is 4.14. The Bertz CT molecular complexity index is 1010. The fraction of sp³-hybridized carbons (Fsp3) is 0.261. The molecule has 30 heavy (non-hydrogen) atoms. The Morgan fingerprint density at radius 3 is 2.57 bits per heavy atom. The van der Waals surface area contributed by atoms with Gasteiger partial charge in [-0.3, -0.25) is 4.79 Å². The van der Waals surface area contributed by atoms with Crippen molar-refractivity contribution in [2.45, 2.75) is 20.8 Å². The van der Waals surface area contributed by atoms with Gasteiger partial charge in [0.2, 0.25) is 0 Å². The summed E-state index contributed by atoms with van der Waals surface area (Å²) in [7, 11) is 1.46. The number of nitrogens with one attached hydrogen (secondary N) is 1. The number of rotatable bonds is 8. The molecule has 1 N–H and O–H groups in total. The minimum Gasteiger partial charge on any atom is -0.493 e. The van der Waals surface area contributed by atoms with Crippen molar-refractivity contribution in [1.29, 1.82) is 5.26 Å². The molecule has 0 saturated carbocycles. The fourth-order valence-corrected chi connectivity index (χ4v) is 2.61. The summed E-state index contributed by atoms with van der Waals surface area (Å²) in [5.74, 6) is -0.268. The van der Waals surface area contributed by atoms with Crippen LogP contribution < -0.4 is 14.8 Å². The molecule has 0 fully saturated rings. The summed E-state index contributed by atoms with van der Waals surface area (Å²) in [6, 6.07) is 12.5. The van der Waals surface area contributed by atoms with Gasteiger partial charge in [0.05, 0.1) is 13.7 Å². The number of carbonyl (C=O) groups is 2. The van der Waals surface area contributed by atoms with Gasteiger partial charge in [-0.2, -0.15) is 5.26 Å². The number of methoxy groups -OCH3 is 1. The Hall–Kier alpha value is -3.79. The van der Waals surface area contributed by atoms with Crippen LogP contribution in [0.25, 0.3) is 6.08 Å². The number of carbonyl (C=O) groups excluding carboxylic acids is 2. The monoisotopic (exact) mass is 408 g/mol. The van der Waals surface area contributed by atoms with Crippen LogP contribution in [0.4, 0.5) is 5.69 Å². The SMILES string of the molecule is CCOC(=O)/C(C#N)=C/c1ccc(OCC(=O)Nc2cc(C)ccc2C)c(OC)c1. The highest BCUT2D eigenvalue weighted by molar-refractivity contribution is 5.98. The van der Waals surface area contributed by atoms with Gasteiger partial charge >= 0.3 is 5.97 Å². The van der Waals surface area contributed by atoms with Gasteiger partial charge in [0.15, 0.2) is 18.1 Å². The number of esters is 1. The molecule has 0 heterocycles. The minimum absolute atomic E-state index is 0.125. The molecular formula is C23H24N2O5. The molecule has 156 valence electrons. The second kappa shape index (κ2) is 10.7. The number of hydrogen-bond donors (Lipinski definition) is 1. The molecule has 0 aliphatic heterocycles. The second-order valence-corrected chi connectivity index (χ2v) is 6.46. The first-order valence-corrected chi connectivity index (χ1v) is 9.34. The number of nitriles is 1. The Morgan fingerprint density at radius 2 is 1.90 bits per heavy atom. The molecule has 0 atom stereocenters. The van der Waals surface area contributed by atoms with E-state index in [0.29, 0.717) is 17.1 Å². The van der Waals surface area contributed by atoms with Gasteiger partial charge in [-0.25, -0.2) is 4.79 Å². The molecule has 0 radical (unpaired) electrons. The summed E-state index contributed by atoms with van der Waals surface area (Å²) in [5.41, 5.74) is 3.17. The van der Waals surface area contributed by atoms with E-state index in [2.05, 4.69) is 5.32 Å². The van der Waals surface area contributed by atoms with Crippen molar-refractivity contribution < 1.29 is 23.8 Å². The van der Waals surface area contributed by atoms with Crippen molar-refractivity contribution in [3.63, 3.8) is 0 Å². The molecule has 0 spiro atoms. The zero-order valence-electron chi connectivity index (χ0n) is 17.4. The van der Waals surface area contributed by atoms with Crippen LogP contribution in [0.2, 0.25) is 0 Å². The van der Waals surface area contributed by atoms with Crippen LogP contribution in [0.5, 0.6) is 11.5 Å². The molecule has 0 bridgehead atoms. The summed E-state index contributed by atoms with van der Waals surface area (Å²) in [6.45, 7) is 5.50. The number of aryl methyl sites for hydroxylation is 2. The summed E-state index contributed by atoms with van der Waals surface area (Å²) in [5, 5.41) is 12.0. The van der Waals surface area contributed by atoms with E-state index in [9.17, 15) is 9.59 Å². The molecule has 7 nitrogen and oxygen atoms in total. The van der Waals surface area contributed by atoms with E-state index in [4.69, 9.17) is 19.5 Å². The van der Waals surface area contributed by atoms with E-state index in [-0.39, 0.29) is 24.7 Å². The molecule has 0 saturated heterocycles. The second-order valence-electron chi connectivity index (χ2n) is 6.46. The Kier molecular flexibility index (Phi) is 8.00. The summed E-state index contributed by atoms with van der Waals surface area (Å²) < 4.78 is 15.7. The molecule has 0 aliphatic carbocycles. The highest BCUT2D eigenvalue weighted by Crippen LogP contribution is 2.29. The van der Waals surface area contributed by atoms with Crippen LogP contribution in [0, 0.1) is 25.2 Å². The van der Waals surface area contributed by atoms with E-state index >= 15 is 0 Å². The highest BCUT2D eigenvalue weighted by atomic mass is 16.5. The molecule has 7 heteroatoms. The maximum Gasteiger partial charge on any atom is 0.348 e. The molecule has 0 aliphatic rings. The molecule has 2 aromatic rings. The van der Waals surface area contributed by atoms with E-state index in [1.54, 1.807) is 25.1 Å². The largest absolute Gasteiger partial charge is 0.493 e. The first-order chi connectivity index (χ1) is 14.4. The summed E-state index contributed by atoms with van der Waals surface area (Å²) in [6.07, 6.45) is 1.40. The number of hydrogen-bond acceptors (Lipinski definition) is 6. The average molecular weight is 408 g/mol. The summed E-state index contributed by atoms with van der Waals surface area (Å²) >= 11 is 0. The van der Waals surface area contributed by atoms with Crippen molar-refractivity contribution in [1.82, 2.24) is 0 Å². The topological polar surface area (TPSA) is 97.7 Å². The van der Waals surface area contributed by atoms with Crippen LogP contribution >= 0.6 is 0 Å². The number of benzene rings is 2. The lowest BCUT2D eigenvalue weighted by Gasteiger charge is -2.13. The third kappa shape index (κ3) is 6.11. The van der Waals surface area contributed by atoms with Gasteiger partial charge in [0.1, 0.15) is 11.6 Å². The molecule has 0 unspecified atom stereocenters. The van der Waals surface area contributed by atoms with Crippen molar-refractivity contribution in [2.75, 3.05) is 25.6 Å². The quantitative estimate of drug-likeness (QED) is 0.405. The first kappa shape index (κ1) is 22.5. The van der Waals surface area contributed by atoms with Crippen LogP contribution in [0.1, 0.15) is 23.6 Å². The predicted molar refractivity (Wildman–Crippen MR) is 113 cm³/mol. The maximum absolute atomic E-state index is 12.3. The smallest absolute Gasteiger partial charge is 0.348 e. The highest BCUT2D eigenvalue weighted by Gasteiger charge is 2.13. The molecule has 2 aromatic carbocycles. The summed E-state index contributed by atoms with van der Waals surface area (Å²) in [4.78, 5) is 24.0. The van der Waals surface area contributed by atoms with Crippen LogP contribution in [0.3, 0.4) is 0 Å². The maximum atomic E-state index is 12.3. The normalized spacial score (nSPS) is 10.7. The molecule has 0 aromatic heterocycles. The minimum atomic E-state index is -0.692. The zero-order chi connectivity index (χ0) is 22.1. The fourth-order valence-electron chi connectivity index (χ4n) is 2.61. The van der Waals surface area contributed by atoms with Gasteiger partial charge in [0.25, 0.3) is 5.91 Å². The molecule has 1 amide bonds. The first-order valence-electron chi connectivity index (χ1n) is 9.34. The molecule has 2 rings (SSSR count). The van der Waals surface area contributed by atoms with Crippen molar-refractivity contribution in [2.24, 2.45) is 0 Å². The average Bonchev–Trinajstić information content (AvgIpc) is 2.73. The van der Waals surface area contributed by atoms with E-state index in [0.717, 1.165) is 16.8 Å². The number of anilines is 1. The van der Waals surface area contributed by atoms with Crippen LogP contribution in [-0.4, -0.2) is 32.2 Å². The zero-order valence-corrected chi connectivity index (χ0v) is 17.4. The Labute approximate surface area is 175 Å². The van der Waals surface area contributed by atoms with Crippen LogP contribution in [-0.2, 0) is 14.3 Å². The van der Waals surface area contributed by atoms with E-state index in [1.807, 2.05) is 38.1 Å². The number of ether oxygens (including phenoxy) is 3. The van der Waals surface area contributed by atoms with Gasteiger partial charge in [-0.15, -0.1) is 0 Å². The van der Waals surface area contributed by atoms with Crippen LogP contribution in [0.15, 0.2) is 42.0 Å². The Balaban J connectivity index is 2.10. The predicted octanol–water partition coefficient (Wildman–Crippen LogP) is 3.80. The standard InChI is InChI=1S/C23H24N2O5/c1-5-29-23(27)18(13-24)11-17-8-9-20(21(12-17)28-4)30-14-22(26)25-19-10-15(2)6-7-16(19)3/h6-12H,5,14H2,1-4H3,(H,25,26)/b18-11+. The lowest BCUT2D eigenvalue weighted by Crippen LogP contribution is -2.20. The lowest BCUT2D eigenvalue weighted by atomic mass is 10.1. The van der Waals surface area contributed by atoms with Gasteiger partial charge in [-0.1, -0.05) is 18.2 Å². The van der Waals surface area contributed by atoms with Gasteiger partial charge < -0.3 is 19.5 Å². The van der Waals surface area contributed by atoms with Gasteiger partial charge in [-0.05, 0) is 61.7 Å². The number of amides is 1. The van der Waals surface area contributed by atoms with Crippen molar-refractivity contribution >= 4 is 23.6 Å². The van der Waals surface area contributed by atoms with Crippen molar-refractivity contribution in [3.8, 4) is 17.6 Å². The number of nitrogens with zero attached hydrogens (tertiary/aromatic N) is 1.